The Morgan fingerprint density at radius 3 is 2.19 bits per heavy atom. The van der Waals surface area contributed by atoms with Gasteiger partial charge in [-0.1, -0.05) is 6.07 Å². The quantitative estimate of drug-likeness (QED) is 0.486. The van der Waals surface area contributed by atoms with Crippen LogP contribution in [0.2, 0.25) is 0 Å². The van der Waals surface area contributed by atoms with Gasteiger partial charge in [-0.15, -0.1) is 0 Å². The number of benzene rings is 2. The topological polar surface area (TPSA) is 111 Å². The summed E-state index contributed by atoms with van der Waals surface area (Å²) in [6, 6.07) is 10.5. The molecule has 0 aliphatic heterocycles. The van der Waals surface area contributed by atoms with E-state index >= 15 is 0 Å². The number of carbonyl (C=O) groups is 2. The van der Waals surface area contributed by atoms with Gasteiger partial charge in [0.05, 0.1) is 19.8 Å². The van der Waals surface area contributed by atoms with Gasteiger partial charge in [-0.2, -0.15) is 0 Å². The van der Waals surface area contributed by atoms with E-state index in [1.165, 1.54) is 57.7 Å². The summed E-state index contributed by atoms with van der Waals surface area (Å²) in [5.41, 5.74) is 0.837. The number of esters is 1. The van der Waals surface area contributed by atoms with Crippen molar-refractivity contribution in [2.75, 3.05) is 19.5 Å². The first-order chi connectivity index (χ1) is 17.6. The van der Waals surface area contributed by atoms with Crippen molar-refractivity contribution >= 4 is 27.6 Å². The summed E-state index contributed by atoms with van der Waals surface area (Å²) in [6.45, 7) is 1.99. The molecule has 4 bridgehead atoms. The molecule has 0 radical (unpaired) electrons. The molecule has 0 saturated heterocycles. The van der Waals surface area contributed by atoms with Crippen LogP contribution in [-0.4, -0.2) is 40.6 Å². The molecule has 2 aromatic rings. The number of amides is 1. The average molecular weight is 527 g/mol. The van der Waals surface area contributed by atoms with E-state index in [0.29, 0.717) is 29.0 Å². The average Bonchev–Trinajstić information content (AvgIpc) is 2.87. The number of rotatable bonds is 8. The van der Waals surface area contributed by atoms with Crippen molar-refractivity contribution in [3.05, 3.63) is 53.6 Å². The fraction of sp³-hybridized carbons (Fsp3) is 0.500. The highest BCUT2D eigenvalue weighted by Crippen LogP contribution is 2.61. The van der Waals surface area contributed by atoms with Crippen molar-refractivity contribution in [1.29, 1.82) is 0 Å². The van der Waals surface area contributed by atoms with Crippen LogP contribution < -0.4 is 14.8 Å². The van der Waals surface area contributed by atoms with Crippen LogP contribution in [0.4, 0.5) is 5.69 Å². The summed E-state index contributed by atoms with van der Waals surface area (Å²) in [6.07, 6.45) is 7.08. The van der Waals surface area contributed by atoms with Crippen molar-refractivity contribution < 1.29 is 27.5 Å². The predicted octanol–water partition coefficient (Wildman–Crippen LogP) is 4.62. The largest absolute Gasteiger partial charge is 0.495 e. The first-order valence-electron chi connectivity index (χ1n) is 12.8. The second-order valence-corrected chi connectivity index (χ2v) is 12.7. The molecule has 4 aliphatic rings. The molecule has 198 valence electrons. The van der Waals surface area contributed by atoms with Gasteiger partial charge in [-0.25, -0.2) is 17.9 Å². The fourth-order valence-corrected chi connectivity index (χ4v) is 8.74. The minimum absolute atomic E-state index is 0.00526. The lowest BCUT2D eigenvalue weighted by Gasteiger charge is -2.59. The SMILES string of the molecule is COC(=O)c1cccc(NC(=O)c2ccc(OC)c(S(=O)(=O)N[C@H](C)C34CC5CC(CC(C5)C3)C4)c2)c1. The number of methoxy groups -OCH3 is 2. The summed E-state index contributed by atoms with van der Waals surface area (Å²) in [7, 11) is -1.27. The van der Waals surface area contributed by atoms with Crippen molar-refractivity contribution in [3.63, 3.8) is 0 Å². The van der Waals surface area contributed by atoms with E-state index in [1.54, 1.807) is 18.2 Å². The van der Waals surface area contributed by atoms with Gasteiger partial charge in [0.25, 0.3) is 5.91 Å². The number of anilines is 1. The van der Waals surface area contributed by atoms with Gasteiger partial charge in [-0.3, -0.25) is 4.79 Å². The summed E-state index contributed by atoms with van der Waals surface area (Å²) in [4.78, 5) is 24.8. The van der Waals surface area contributed by atoms with Gasteiger partial charge in [0.2, 0.25) is 10.0 Å². The van der Waals surface area contributed by atoms with Gasteiger partial charge in [0.15, 0.2) is 0 Å². The van der Waals surface area contributed by atoms with Gasteiger partial charge in [-0.05, 0) is 105 Å². The van der Waals surface area contributed by atoms with E-state index in [9.17, 15) is 18.0 Å². The van der Waals surface area contributed by atoms with Gasteiger partial charge in [0.1, 0.15) is 10.6 Å². The first-order valence-corrected chi connectivity index (χ1v) is 14.3. The molecular formula is C28H34N2O6S. The number of hydrogen-bond donors (Lipinski definition) is 2. The third kappa shape index (κ3) is 4.99. The molecule has 0 spiro atoms. The van der Waals surface area contributed by atoms with Crippen LogP contribution >= 0.6 is 0 Å². The minimum Gasteiger partial charge on any atom is -0.495 e. The van der Waals surface area contributed by atoms with Gasteiger partial charge in [0, 0.05) is 17.3 Å². The first kappa shape index (κ1) is 25.7. The minimum atomic E-state index is -3.96. The summed E-state index contributed by atoms with van der Waals surface area (Å²) < 4.78 is 40.3. The lowest BCUT2D eigenvalue weighted by Crippen LogP contribution is -2.55. The Morgan fingerprint density at radius 2 is 1.59 bits per heavy atom. The van der Waals surface area contributed by atoms with Crippen LogP contribution in [0.1, 0.15) is 66.2 Å². The Labute approximate surface area is 218 Å². The molecule has 8 nitrogen and oxygen atoms in total. The zero-order chi connectivity index (χ0) is 26.4. The standard InChI is InChI=1S/C28H34N2O6S/c1-17(28-14-18-9-19(15-28)11-20(10-18)16-28)30-37(33,34)25-13-21(7-8-24(25)35-2)26(31)29-23-6-4-5-22(12-23)27(32)36-3/h4-8,12-13,17-20,30H,9-11,14-16H2,1-3H3,(H,29,31)/t17-,18?,19?,20?,28?/m1/s1. The number of ether oxygens (including phenoxy) is 2. The van der Waals surface area contributed by atoms with Crippen molar-refractivity contribution in [3.8, 4) is 5.75 Å². The molecule has 1 amide bonds. The molecule has 4 aliphatic carbocycles. The second kappa shape index (κ2) is 9.76. The summed E-state index contributed by atoms with van der Waals surface area (Å²) in [5.74, 6) is 1.27. The van der Waals surface area contributed by atoms with Crippen LogP contribution in [0.5, 0.6) is 5.75 Å². The van der Waals surface area contributed by atoms with Crippen molar-refractivity contribution in [1.82, 2.24) is 4.72 Å². The number of hydrogen-bond acceptors (Lipinski definition) is 6. The van der Waals surface area contributed by atoms with Crippen LogP contribution in [0.3, 0.4) is 0 Å². The molecule has 2 N–H and O–H groups in total. The Bertz CT molecular complexity index is 1290. The zero-order valence-electron chi connectivity index (χ0n) is 21.5. The monoisotopic (exact) mass is 526 g/mol. The van der Waals surface area contributed by atoms with Crippen LogP contribution in [0.15, 0.2) is 47.4 Å². The van der Waals surface area contributed by atoms with Crippen LogP contribution in [0, 0.1) is 23.2 Å². The molecule has 4 fully saturated rings. The van der Waals surface area contributed by atoms with E-state index in [2.05, 4.69) is 10.0 Å². The molecule has 2 aromatic carbocycles. The maximum atomic E-state index is 13.6. The van der Waals surface area contributed by atoms with Crippen molar-refractivity contribution in [2.24, 2.45) is 23.2 Å². The third-order valence-electron chi connectivity index (χ3n) is 8.59. The van der Waals surface area contributed by atoms with Gasteiger partial charge >= 0.3 is 5.97 Å². The van der Waals surface area contributed by atoms with E-state index in [1.807, 2.05) is 6.92 Å². The smallest absolute Gasteiger partial charge is 0.337 e. The van der Waals surface area contributed by atoms with Crippen LogP contribution in [0.25, 0.3) is 0 Å². The molecular weight excluding hydrogens is 492 g/mol. The van der Waals surface area contributed by atoms with E-state index in [0.717, 1.165) is 19.3 Å². The lowest BCUT2D eigenvalue weighted by molar-refractivity contribution is -0.0666. The molecule has 1 atom stereocenters. The third-order valence-corrected chi connectivity index (χ3v) is 10.2. The predicted molar refractivity (Wildman–Crippen MR) is 139 cm³/mol. The number of nitrogens with one attached hydrogen (secondary N) is 2. The highest BCUT2D eigenvalue weighted by Gasteiger charge is 2.53. The molecule has 0 heterocycles. The molecule has 4 saturated carbocycles. The van der Waals surface area contributed by atoms with Crippen LogP contribution in [-0.2, 0) is 14.8 Å². The Kier molecular flexibility index (Phi) is 6.79. The number of sulfonamides is 1. The Balaban J connectivity index is 1.37. The molecule has 6 rings (SSSR count). The molecule has 0 aromatic heterocycles. The van der Waals surface area contributed by atoms with E-state index in [-0.39, 0.29) is 27.7 Å². The fourth-order valence-electron chi connectivity index (χ4n) is 7.20. The van der Waals surface area contributed by atoms with Crippen molar-refractivity contribution in [2.45, 2.75) is 56.4 Å². The second-order valence-electron chi connectivity index (χ2n) is 11.0. The molecule has 9 heteroatoms. The van der Waals surface area contributed by atoms with E-state index < -0.39 is 21.9 Å². The molecule has 0 unspecified atom stereocenters. The lowest BCUT2D eigenvalue weighted by atomic mass is 9.48. The number of carbonyl (C=O) groups excluding carboxylic acids is 2. The summed E-state index contributed by atoms with van der Waals surface area (Å²) in [5, 5.41) is 2.72. The Morgan fingerprint density at radius 1 is 0.946 bits per heavy atom. The maximum absolute atomic E-state index is 13.6. The van der Waals surface area contributed by atoms with E-state index in [4.69, 9.17) is 9.47 Å². The molecule has 37 heavy (non-hydrogen) atoms. The maximum Gasteiger partial charge on any atom is 0.337 e. The van der Waals surface area contributed by atoms with Gasteiger partial charge < -0.3 is 14.8 Å². The zero-order valence-corrected chi connectivity index (χ0v) is 22.3. The highest BCUT2D eigenvalue weighted by atomic mass is 32.2. The highest BCUT2D eigenvalue weighted by molar-refractivity contribution is 7.89. The Hall–Kier alpha value is -2.91. The summed E-state index contributed by atoms with van der Waals surface area (Å²) >= 11 is 0. The normalized spacial score (nSPS) is 26.9.